The van der Waals surface area contributed by atoms with Crippen molar-refractivity contribution in [2.45, 2.75) is 0 Å². The number of hydrogen-bond acceptors (Lipinski definition) is 0. The van der Waals surface area contributed by atoms with Gasteiger partial charge in [-0.1, -0.05) is 158 Å². The molecule has 244 valence electrons. The molecular weight excluding hydrogens is 639 g/mol. The highest BCUT2D eigenvalue weighted by atomic mass is 15.0. The molecule has 12 aromatic rings. The van der Waals surface area contributed by atoms with Gasteiger partial charge in [-0.2, -0.15) is 0 Å². The standard InChI is InChI=1S/C52H31N/c1-2-17-36(18-3-1)53-46-27-11-10-23-42(46)51-43-25-12-16-34-31-45(41-24-13-26-44(52(51)53)50(41)48(34)43)49-39-21-8-6-19-37(39)47(38-20-7-9-22-40(38)49)35-29-28-32-14-4-5-15-33(32)30-35/h1-31H. The van der Waals surface area contributed by atoms with Crippen LogP contribution in [0.25, 0.3) is 114 Å². The van der Waals surface area contributed by atoms with Gasteiger partial charge in [0.25, 0.3) is 0 Å². The smallest absolute Gasteiger partial charge is 0.0626 e. The molecule has 1 nitrogen and oxygen atoms in total. The molecule has 0 aliphatic heterocycles. The van der Waals surface area contributed by atoms with Crippen LogP contribution in [-0.2, 0) is 0 Å². The van der Waals surface area contributed by atoms with E-state index in [1.807, 2.05) is 0 Å². The fraction of sp³-hybridized carbons (Fsp3) is 0. The van der Waals surface area contributed by atoms with Crippen molar-refractivity contribution in [1.82, 2.24) is 4.57 Å². The van der Waals surface area contributed by atoms with Gasteiger partial charge in [0.2, 0.25) is 0 Å². The summed E-state index contributed by atoms with van der Waals surface area (Å²) in [6.45, 7) is 0. The summed E-state index contributed by atoms with van der Waals surface area (Å²) in [5.74, 6) is 0. The first-order chi connectivity index (χ1) is 26.3. The first-order valence-corrected chi connectivity index (χ1v) is 18.4. The second-order valence-corrected chi connectivity index (χ2v) is 14.4. The average Bonchev–Trinajstić information content (AvgIpc) is 3.58. The maximum absolute atomic E-state index is 2.48. The number of fused-ring (bicyclic) bond motifs is 8. The molecule has 0 spiro atoms. The summed E-state index contributed by atoms with van der Waals surface area (Å²) >= 11 is 0. The summed E-state index contributed by atoms with van der Waals surface area (Å²) in [5, 5.41) is 18.0. The van der Waals surface area contributed by atoms with Crippen molar-refractivity contribution in [2.24, 2.45) is 0 Å². The summed E-state index contributed by atoms with van der Waals surface area (Å²) in [5.41, 5.74) is 8.77. The quantitative estimate of drug-likeness (QED) is 0.130. The van der Waals surface area contributed by atoms with Crippen molar-refractivity contribution in [1.29, 1.82) is 0 Å². The van der Waals surface area contributed by atoms with Gasteiger partial charge in [0.15, 0.2) is 0 Å². The van der Waals surface area contributed by atoms with E-state index in [4.69, 9.17) is 0 Å². The molecule has 1 heteroatoms. The highest BCUT2D eigenvalue weighted by Crippen LogP contribution is 2.51. The van der Waals surface area contributed by atoms with Gasteiger partial charge in [-0.3, -0.25) is 0 Å². The molecular formula is C52H31N. The van der Waals surface area contributed by atoms with E-state index in [0.29, 0.717) is 0 Å². The fourth-order valence-electron chi connectivity index (χ4n) is 9.55. The van der Waals surface area contributed by atoms with Gasteiger partial charge in [0, 0.05) is 27.2 Å². The van der Waals surface area contributed by atoms with Crippen LogP contribution in [0, 0.1) is 0 Å². The molecule has 0 saturated carbocycles. The Morgan fingerprint density at radius 2 is 0.868 bits per heavy atom. The maximum atomic E-state index is 2.48. The Labute approximate surface area is 305 Å². The average molecular weight is 670 g/mol. The Hall–Kier alpha value is -6.96. The lowest BCUT2D eigenvalue weighted by atomic mass is 9.82. The molecule has 12 rings (SSSR count). The highest BCUT2D eigenvalue weighted by molar-refractivity contribution is 6.40. The monoisotopic (exact) mass is 669 g/mol. The summed E-state index contributed by atoms with van der Waals surface area (Å²) in [6, 6.07) is 69.7. The SMILES string of the molecule is c1ccc(-n2c3ccccc3c3c4cccc5cc(-c6c7ccccc7c(-c7ccc8ccccc8c7)c7ccccc67)c6cccc(c6c54)c32)cc1. The second-order valence-electron chi connectivity index (χ2n) is 14.4. The van der Waals surface area contributed by atoms with Crippen molar-refractivity contribution in [3.8, 4) is 27.9 Å². The van der Waals surface area contributed by atoms with E-state index in [1.54, 1.807) is 0 Å². The molecule has 0 bridgehead atoms. The number of nitrogens with zero attached hydrogens (tertiary/aromatic N) is 1. The zero-order valence-corrected chi connectivity index (χ0v) is 28.8. The maximum Gasteiger partial charge on any atom is 0.0626 e. The Kier molecular flexibility index (Phi) is 5.84. The van der Waals surface area contributed by atoms with Crippen LogP contribution in [0.2, 0.25) is 0 Å². The molecule has 11 aromatic carbocycles. The molecule has 1 heterocycles. The third kappa shape index (κ3) is 3.91. The lowest BCUT2D eigenvalue weighted by Gasteiger charge is -2.21. The van der Waals surface area contributed by atoms with Crippen LogP contribution >= 0.6 is 0 Å². The zero-order valence-electron chi connectivity index (χ0n) is 28.8. The Balaban J connectivity index is 1.26. The topological polar surface area (TPSA) is 4.93 Å². The van der Waals surface area contributed by atoms with E-state index in [2.05, 4.69) is 193 Å². The Morgan fingerprint density at radius 1 is 0.302 bits per heavy atom. The molecule has 0 saturated heterocycles. The van der Waals surface area contributed by atoms with E-state index < -0.39 is 0 Å². The highest BCUT2D eigenvalue weighted by Gasteiger charge is 2.24. The molecule has 53 heavy (non-hydrogen) atoms. The van der Waals surface area contributed by atoms with Gasteiger partial charge in [-0.05, 0) is 106 Å². The third-order valence-corrected chi connectivity index (χ3v) is 11.7. The predicted octanol–water partition coefficient (Wildman–Crippen LogP) is 14.5. The van der Waals surface area contributed by atoms with E-state index in [9.17, 15) is 0 Å². The van der Waals surface area contributed by atoms with Crippen LogP contribution in [0.15, 0.2) is 188 Å². The lowest BCUT2D eigenvalue weighted by Crippen LogP contribution is -1.96. The van der Waals surface area contributed by atoms with Crippen molar-refractivity contribution >= 4 is 86.4 Å². The Morgan fingerprint density at radius 3 is 1.64 bits per heavy atom. The minimum absolute atomic E-state index is 1.18. The molecule has 0 fully saturated rings. The van der Waals surface area contributed by atoms with Crippen molar-refractivity contribution in [2.75, 3.05) is 0 Å². The minimum atomic E-state index is 1.18. The zero-order chi connectivity index (χ0) is 34.6. The molecule has 0 unspecified atom stereocenters. The van der Waals surface area contributed by atoms with Crippen molar-refractivity contribution < 1.29 is 0 Å². The lowest BCUT2D eigenvalue weighted by molar-refractivity contribution is 1.19. The molecule has 0 aliphatic rings. The van der Waals surface area contributed by atoms with Crippen LogP contribution < -0.4 is 0 Å². The van der Waals surface area contributed by atoms with E-state index in [-0.39, 0.29) is 0 Å². The largest absolute Gasteiger partial charge is 0.309 e. The molecule has 0 N–H and O–H groups in total. The normalized spacial score (nSPS) is 12.2. The van der Waals surface area contributed by atoms with Gasteiger partial charge < -0.3 is 4.57 Å². The molecule has 0 aliphatic carbocycles. The summed E-state index contributed by atoms with van der Waals surface area (Å²) in [7, 11) is 0. The predicted molar refractivity (Wildman–Crippen MR) is 228 cm³/mol. The summed E-state index contributed by atoms with van der Waals surface area (Å²) in [6.07, 6.45) is 0. The number of benzene rings is 11. The van der Waals surface area contributed by atoms with E-state index >= 15 is 0 Å². The van der Waals surface area contributed by atoms with Gasteiger partial charge in [0.1, 0.15) is 0 Å². The second kappa shape index (κ2) is 10.8. The van der Waals surface area contributed by atoms with Crippen molar-refractivity contribution in [3.05, 3.63) is 188 Å². The summed E-state index contributed by atoms with van der Waals surface area (Å²) in [4.78, 5) is 0. The van der Waals surface area contributed by atoms with Crippen LogP contribution in [0.5, 0.6) is 0 Å². The van der Waals surface area contributed by atoms with Gasteiger partial charge in [-0.25, -0.2) is 0 Å². The van der Waals surface area contributed by atoms with Crippen LogP contribution in [0.4, 0.5) is 0 Å². The van der Waals surface area contributed by atoms with Crippen LogP contribution in [-0.4, -0.2) is 4.57 Å². The minimum Gasteiger partial charge on any atom is -0.309 e. The number of hydrogen-bond donors (Lipinski definition) is 0. The van der Waals surface area contributed by atoms with E-state index in [1.165, 1.54) is 114 Å². The first-order valence-electron chi connectivity index (χ1n) is 18.4. The molecule has 0 atom stereocenters. The summed E-state index contributed by atoms with van der Waals surface area (Å²) < 4.78 is 2.48. The molecule has 0 amide bonds. The number of para-hydroxylation sites is 2. The van der Waals surface area contributed by atoms with Crippen molar-refractivity contribution in [3.63, 3.8) is 0 Å². The van der Waals surface area contributed by atoms with Crippen LogP contribution in [0.3, 0.4) is 0 Å². The Bertz CT molecular complexity index is 3380. The number of rotatable bonds is 3. The fourth-order valence-corrected chi connectivity index (χ4v) is 9.55. The third-order valence-electron chi connectivity index (χ3n) is 11.7. The molecule has 1 aromatic heterocycles. The van der Waals surface area contributed by atoms with Gasteiger partial charge >= 0.3 is 0 Å². The van der Waals surface area contributed by atoms with Gasteiger partial charge in [0.05, 0.1) is 11.0 Å². The molecule has 0 radical (unpaired) electrons. The first kappa shape index (κ1) is 28.7. The van der Waals surface area contributed by atoms with Crippen LogP contribution in [0.1, 0.15) is 0 Å². The number of aromatic nitrogens is 1. The van der Waals surface area contributed by atoms with E-state index in [0.717, 1.165) is 0 Å². The van der Waals surface area contributed by atoms with Gasteiger partial charge in [-0.15, -0.1) is 0 Å².